The largest absolute Gasteiger partial charge is 0.472 e. The van der Waals surface area contributed by atoms with Crippen molar-refractivity contribution >= 4 is 5.91 Å². The van der Waals surface area contributed by atoms with E-state index in [2.05, 4.69) is 4.90 Å². The molecule has 2 fully saturated rings. The molecule has 1 amide bonds. The third-order valence-corrected chi connectivity index (χ3v) is 4.97. The molecule has 1 atom stereocenters. The van der Waals surface area contributed by atoms with Crippen LogP contribution in [-0.4, -0.2) is 55.1 Å². The van der Waals surface area contributed by atoms with E-state index >= 15 is 0 Å². The van der Waals surface area contributed by atoms with Gasteiger partial charge in [0.05, 0.1) is 37.8 Å². The number of rotatable bonds is 3. The lowest BCUT2D eigenvalue weighted by molar-refractivity contribution is 0.0640. The highest BCUT2D eigenvalue weighted by molar-refractivity contribution is 5.93. The predicted molar refractivity (Wildman–Crippen MR) is 86.5 cm³/mol. The Hall–Kier alpha value is -2.05. The monoisotopic (exact) mass is 330 g/mol. The zero-order valence-electron chi connectivity index (χ0n) is 13.6. The van der Waals surface area contributed by atoms with Crippen LogP contribution >= 0.6 is 0 Å². The van der Waals surface area contributed by atoms with Gasteiger partial charge in [-0.1, -0.05) is 0 Å². The van der Waals surface area contributed by atoms with Crippen LogP contribution in [0, 0.1) is 5.41 Å². The van der Waals surface area contributed by atoms with Crippen LogP contribution in [-0.2, 0) is 11.3 Å². The molecule has 24 heavy (non-hydrogen) atoms. The second kappa shape index (κ2) is 6.45. The summed E-state index contributed by atoms with van der Waals surface area (Å²) >= 11 is 0. The Bertz CT molecular complexity index is 667. The van der Waals surface area contributed by atoms with Crippen molar-refractivity contribution in [2.45, 2.75) is 13.0 Å². The van der Waals surface area contributed by atoms with Crippen molar-refractivity contribution in [1.29, 1.82) is 0 Å². The summed E-state index contributed by atoms with van der Waals surface area (Å²) in [6, 6.07) is 5.64. The maximum absolute atomic E-state index is 12.7. The van der Waals surface area contributed by atoms with E-state index in [1.807, 2.05) is 17.0 Å². The summed E-state index contributed by atoms with van der Waals surface area (Å²) < 4.78 is 16.4. The van der Waals surface area contributed by atoms with Crippen LogP contribution in [0.3, 0.4) is 0 Å². The standard InChI is InChI=1S/C18H22N2O4/c21-17(15-3-8-22-11-15)20-6-9-23-14-18(13-20)4-5-19(12-18)10-16-2-1-7-24-16/h1-3,7-8,11H,4-6,9-10,12-14H2. The molecule has 128 valence electrons. The molecule has 4 rings (SSSR count). The molecule has 0 N–H and O–H groups in total. The molecule has 4 heterocycles. The first kappa shape index (κ1) is 15.5. The highest BCUT2D eigenvalue weighted by atomic mass is 16.5. The smallest absolute Gasteiger partial charge is 0.257 e. The second-order valence-electron chi connectivity index (χ2n) is 6.83. The van der Waals surface area contributed by atoms with Gasteiger partial charge >= 0.3 is 0 Å². The van der Waals surface area contributed by atoms with Crippen molar-refractivity contribution in [1.82, 2.24) is 9.80 Å². The van der Waals surface area contributed by atoms with Crippen LogP contribution in [0.25, 0.3) is 0 Å². The van der Waals surface area contributed by atoms with Crippen LogP contribution in [0.4, 0.5) is 0 Å². The van der Waals surface area contributed by atoms with Crippen molar-refractivity contribution < 1.29 is 18.4 Å². The molecule has 2 saturated heterocycles. The Morgan fingerprint density at radius 1 is 1.21 bits per heavy atom. The molecule has 2 aromatic heterocycles. The van der Waals surface area contributed by atoms with Gasteiger partial charge in [0.1, 0.15) is 12.0 Å². The molecular formula is C18H22N2O4. The fraction of sp³-hybridized carbons (Fsp3) is 0.500. The number of hydrogen-bond donors (Lipinski definition) is 0. The lowest BCUT2D eigenvalue weighted by Crippen LogP contribution is -2.43. The van der Waals surface area contributed by atoms with Gasteiger partial charge < -0.3 is 18.5 Å². The number of nitrogens with zero attached hydrogens (tertiary/aromatic N) is 2. The van der Waals surface area contributed by atoms with Gasteiger partial charge in [-0.3, -0.25) is 9.69 Å². The topological polar surface area (TPSA) is 59.1 Å². The third kappa shape index (κ3) is 3.12. The number of carbonyl (C=O) groups is 1. The summed E-state index contributed by atoms with van der Waals surface area (Å²) in [6.07, 6.45) is 5.79. The Morgan fingerprint density at radius 2 is 2.17 bits per heavy atom. The highest BCUT2D eigenvalue weighted by Gasteiger charge is 2.42. The molecule has 2 aromatic rings. The Kier molecular flexibility index (Phi) is 4.16. The minimum absolute atomic E-state index is 0.00247. The summed E-state index contributed by atoms with van der Waals surface area (Å²) in [7, 11) is 0. The molecule has 0 aliphatic carbocycles. The van der Waals surface area contributed by atoms with Gasteiger partial charge in [0.15, 0.2) is 0 Å². The molecule has 0 radical (unpaired) electrons. The van der Waals surface area contributed by atoms with Gasteiger partial charge in [-0.05, 0) is 31.2 Å². The SMILES string of the molecule is O=C(c1ccoc1)N1CCOCC2(CCN(Cc3ccco3)C2)C1. The van der Waals surface area contributed by atoms with E-state index in [1.165, 1.54) is 12.5 Å². The van der Waals surface area contributed by atoms with E-state index in [4.69, 9.17) is 13.6 Å². The van der Waals surface area contributed by atoms with E-state index in [0.717, 1.165) is 38.4 Å². The van der Waals surface area contributed by atoms with Crippen molar-refractivity contribution in [3.8, 4) is 0 Å². The quantitative estimate of drug-likeness (QED) is 0.864. The zero-order valence-corrected chi connectivity index (χ0v) is 13.6. The number of carbonyl (C=O) groups excluding carboxylic acids is 1. The average Bonchev–Trinajstić information content (AvgIpc) is 3.30. The first-order valence-electron chi connectivity index (χ1n) is 8.38. The molecule has 2 aliphatic heterocycles. The van der Waals surface area contributed by atoms with Crippen LogP contribution in [0.1, 0.15) is 22.5 Å². The van der Waals surface area contributed by atoms with Gasteiger partial charge in [0, 0.05) is 25.0 Å². The lowest BCUT2D eigenvalue weighted by atomic mass is 9.87. The number of hydrogen-bond acceptors (Lipinski definition) is 5. The van der Waals surface area contributed by atoms with E-state index in [1.54, 1.807) is 12.3 Å². The molecule has 1 unspecified atom stereocenters. The van der Waals surface area contributed by atoms with Crippen LogP contribution < -0.4 is 0 Å². The van der Waals surface area contributed by atoms with Crippen molar-refractivity contribution in [2.75, 3.05) is 39.4 Å². The second-order valence-corrected chi connectivity index (χ2v) is 6.83. The van der Waals surface area contributed by atoms with Crippen molar-refractivity contribution in [2.24, 2.45) is 5.41 Å². The number of likely N-dealkylation sites (tertiary alicyclic amines) is 1. The molecular weight excluding hydrogens is 308 g/mol. The molecule has 0 saturated carbocycles. The molecule has 1 spiro atoms. The normalized spacial score (nSPS) is 25.2. The van der Waals surface area contributed by atoms with Gasteiger partial charge in [-0.25, -0.2) is 0 Å². The number of amides is 1. The van der Waals surface area contributed by atoms with Gasteiger partial charge in [0.25, 0.3) is 5.91 Å². The Balaban J connectivity index is 1.45. The highest BCUT2D eigenvalue weighted by Crippen LogP contribution is 2.34. The summed E-state index contributed by atoms with van der Waals surface area (Å²) in [6.45, 7) is 5.38. The van der Waals surface area contributed by atoms with Crippen LogP contribution in [0.15, 0.2) is 45.8 Å². The minimum Gasteiger partial charge on any atom is -0.472 e. The zero-order chi connectivity index (χ0) is 16.4. The summed E-state index contributed by atoms with van der Waals surface area (Å²) in [4.78, 5) is 17.0. The van der Waals surface area contributed by atoms with Crippen molar-refractivity contribution in [3.05, 3.63) is 48.3 Å². The van der Waals surface area contributed by atoms with E-state index in [-0.39, 0.29) is 11.3 Å². The van der Waals surface area contributed by atoms with E-state index < -0.39 is 0 Å². The first-order chi connectivity index (χ1) is 11.7. The minimum atomic E-state index is 0.00247. The van der Waals surface area contributed by atoms with E-state index in [9.17, 15) is 4.79 Å². The fourth-order valence-electron chi connectivity index (χ4n) is 3.77. The van der Waals surface area contributed by atoms with Gasteiger partial charge in [-0.2, -0.15) is 0 Å². The number of ether oxygens (including phenoxy) is 1. The maximum Gasteiger partial charge on any atom is 0.257 e. The third-order valence-electron chi connectivity index (χ3n) is 4.97. The summed E-state index contributed by atoms with van der Waals surface area (Å²) in [5.41, 5.74) is 0.611. The van der Waals surface area contributed by atoms with E-state index in [0.29, 0.717) is 25.3 Å². The maximum atomic E-state index is 12.7. The molecule has 2 aliphatic rings. The fourth-order valence-corrected chi connectivity index (χ4v) is 3.77. The van der Waals surface area contributed by atoms with Crippen molar-refractivity contribution in [3.63, 3.8) is 0 Å². The van der Waals surface area contributed by atoms with Crippen LogP contribution in [0.5, 0.6) is 0 Å². The summed E-state index contributed by atoms with van der Waals surface area (Å²) in [5.74, 6) is 1.01. The Labute approximate surface area is 141 Å². The molecule has 6 heteroatoms. The predicted octanol–water partition coefficient (Wildman–Crippen LogP) is 2.24. The molecule has 6 nitrogen and oxygen atoms in total. The lowest BCUT2D eigenvalue weighted by Gasteiger charge is -2.31. The average molecular weight is 330 g/mol. The molecule has 0 aromatic carbocycles. The van der Waals surface area contributed by atoms with Gasteiger partial charge in [-0.15, -0.1) is 0 Å². The first-order valence-corrected chi connectivity index (χ1v) is 8.38. The van der Waals surface area contributed by atoms with Crippen LogP contribution in [0.2, 0.25) is 0 Å². The number of furan rings is 2. The Morgan fingerprint density at radius 3 is 2.96 bits per heavy atom. The molecule has 0 bridgehead atoms. The van der Waals surface area contributed by atoms with Gasteiger partial charge in [0.2, 0.25) is 0 Å². The summed E-state index contributed by atoms with van der Waals surface area (Å²) in [5, 5.41) is 0.